The Balaban J connectivity index is 1.33. The summed E-state index contributed by atoms with van der Waals surface area (Å²) in [4.78, 5) is 29.1. The maximum absolute atomic E-state index is 13.1. The number of aryl methyl sites for hydroxylation is 1. The molecular formula is C23H24N4O4. The molecule has 1 saturated heterocycles. The fourth-order valence-corrected chi connectivity index (χ4v) is 3.44. The van der Waals surface area contributed by atoms with Gasteiger partial charge in [0.1, 0.15) is 17.3 Å². The molecule has 0 radical (unpaired) electrons. The van der Waals surface area contributed by atoms with Crippen molar-refractivity contribution < 1.29 is 18.8 Å². The minimum Gasteiger partial charge on any atom is -0.457 e. The summed E-state index contributed by atoms with van der Waals surface area (Å²) in [6.45, 7) is 4.30. The van der Waals surface area contributed by atoms with Crippen LogP contribution in [0.2, 0.25) is 0 Å². The monoisotopic (exact) mass is 420 g/mol. The fourth-order valence-electron chi connectivity index (χ4n) is 3.44. The third kappa shape index (κ3) is 5.29. The number of piperazine rings is 1. The molecule has 4 rings (SSSR count). The van der Waals surface area contributed by atoms with Crippen LogP contribution in [0.15, 0.2) is 65.2 Å². The number of hydrogen-bond donors (Lipinski definition) is 1. The summed E-state index contributed by atoms with van der Waals surface area (Å²) < 4.78 is 10.9. The molecule has 0 spiro atoms. The lowest BCUT2D eigenvalue weighted by atomic mass is 10.1. The molecule has 2 amide bonds. The van der Waals surface area contributed by atoms with E-state index in [-0.39, 0.29) is 18.4 Å². The van der Waals surface area contributed by atoms with Gasteiger partial charge < -0.3 is 19.5 Å². The Morgan fingerprint density at radius 3 is 2.45 bits per heavy atom. The maximum Gasteiger partial charge on any atom is 0.257 e. The zero-order valence-electron chi connectivity index (χ0n) is 17.3. The Morgan fingerprint density at radius 1 is 1.03 bits per heavy atom. The lowest BCUT2D eigenvalue weighted by molar-refractivity contribution is -0.117. The second kappa shape index (κ2) is 9.44. The van der Waals surface area contributed by atoms with Gasteiger partial charge in [-0.1, -0.05) is 35.5 Å². The largest absolute Gasteiger partial charge is 0.457 e. The first kappa shape index (κ1) is 20.6. The van der Waals surface area contributed by atoms with Gasteiger partial charge in [-0.25, -0.2) is 0 Å². The van der Waals surface area contributed by atoms with Crippen molar-refractivity contribution in [1.82, 2.24) is 15.0 Å². The normalized spacial score (nSPS) is 14.3. The topological polar surface area (TPSA) is 87.9 Å². The van der Waals surface area contributed by atoms with Crippen LogP contribution in [0.1, 0.15) is 16.1 Å². The van der Waals surface area contributed by atoms with Crippen LogP contribution in [0, 0.1) is 6.92 Å². The summed E-state index contributed by atoms with van der Waals surface area (Å²) in [6, 6.07) is 18.3. The first-order chi connectivity index (χ1) is 15.1. The van der Waals surface area contributed by atoms with Crippen LogP contribution in [0.3, 0.4) is 0 Å². The van der Waals surface area contributed by atoms with Crippen molar-refractivity contribution in [2.45, 2.75) is 6.92 Å². The number of hydrogen-bond acceptors (Lipinski definition) is 6. The lowest BCUT2D eigenvalue weighted by Gasteiger charge is -2.34. The average molecular weight is 420 g/mol. The van der Waals surface area contributed by atoms with Gasteiger partial charge in [0.2, 0.25) is 5.91 Å². The van der Waals surface area contributed by atoms with Crippen LogP contribution in [0.5, 0.6) is 11.5 Å². The average Bonchev–Trinajstić information content (AvgIpc) is 3.19. The molecule has 8 heteroatoms. The molecule has 2 heterocycles. The summed E-state index contributed by atoms with van der Waals surface area (Å²) >= 11 is 0. The van der Waals surface area contributed by atoms with Crippen LogP contribution in [0.4, 0.5) is 5.82 Å². The summed E-state index contributed by atoms with van der Waals surface area (Å²) in [5.41, 5.74) is 0.527. The Morgan fingerprint density at radius 2 is 1.74 bits per heavy atom. The zero-order valence-corrected chi connectivity index (χ0v) is 17.3. The smallest absolute Gasteiger partial charge is 0.257 e. The van der Waals surface area contributed by atoms with Gasteiger partial charge in [0.25, 0.3) is 5.91 Å². The van der Waals surface area contributed by atoms with Crippen LogP contribution in [0.25, 0.3) is 0 Å². The quantitative estimate of drug-likeness (QED) is 0.659. The molecule has 0 atom stereocenters. The summed E-state index contributed by atoms with van der Waals surface area (Å²) in [6.07, 6.45) is 0. The predicted octanol–water partition coefficient (Wildman–Crippen LogP) is 3.17. The molecule has 1 aliphatic rings. The number of rotatable bonds is 6. The minimum absolute atomic E-state index is 0.0753. The molecule has 160 valence electrons. The number of benzene rings is 2. The summed E-state index contributed by atoms with van der Waals surface area (Å²) in [7, 11) is 0. The molecule has 0 bridgehead atoms. The molecular weight excluding hydrogens is 396 g/mol. The minimum atomic E-state index is -0.158. The highest BCUT2D eigenvalue weighted by atomic mass is 16.5. The van der Waals surface area contributed by atoms with Crippen molar-refractivity contribution in [3.05, 3.63) is 72.0 Å². The van der Waals surface area contributed by atoms with Crippen LogP contribution < -0.4 is 10.1 Å². The van der Waals surface area contributed by atoms with Gasteiger partial charge in [-0.15, -0.1) is 0 Å². The number of carbonyl (C=O) groups excluding carboxylic acids is 2. The van der Waals surface area contributed by atoms with Crippen molar-refractivity contribution in [3.8, 4) is 11.5 Å². The van der Waals surface area contributed by atoms with E-state index in [1.54, 1.807) is 30.0 Å². The highest BCUT2D eigenvalue weighted by molar-refractivity contribution is 5.97. The molecule has 1 fully saturated rings. The molecule has 0 saturated carbocycles. The van der Waals surface area contributed by atoms with Crippen LogP contribution in [-0.4, -0.2) is 59.5 Å². The van der Waals surface area contributed by atoms with Crippen LogP contribution in [-0.2, 0) is 4.79 Å². The van der Waals surface area contributed by atoms with E-state index in [1.807, 2.05) is 47.4 Å². The van der Waals surface area contributed by atoms with Gasteiger partial charge in [0.05, 0.1) is 12.1 Å². The number of nitrogens with zero attached hydrogens (tertiary/aromatic N) is 3. The highest BCUT2D eigenvalue weighted by Gasteiger charge is 2.25. The first-order valence-corrected chi connectivity index (χ1v) is 10.2. The van der Waals surface area contributed by atoms with E-state index in [2.05, 4.69) is 10.5 Å². The number of carbonyl (C=O) groups is 2. The molecule has 31 heavy (non-hydrogen) atoms. The molecule has 1 N–H and O–H groups in total. The van der Waals surface area contributed by atoms with Crippen LogP contribution >= 0.6 is 0 Å². The van der Waals surface area contributed by atoms with Gasteiger partial charge in [0.15, 0.2) is 5.82 Å². The van der Waals surface area contributed by atoms with E-state index < -0.39 is 0 Å². The van der Waals surface area contributed by atoms with Crippen molar-refractivity contribution in [2.24, 2.45) is 0 Å². The maximum atomic E-state index is 13.1. The first-order valence-electron chi connectivity index (χ1n) is 10.2. The van der Waals surface area contributed by atoms with Gasteiger partial charge in [0, 0.05) is 32.2 Å². The fraction of sp³-hybridized carbons (Fsp3) is 0.261. The second-order valence-electron chi connectivity index (χ2n) is 7.35. The number of anilines is 1. The van der Waals surface area contributed by atoms with E-state index >= 15 is 0 Å². The number of para-hydroxylation sites is 2. The van der Waals surface area contributed by atoms with Gasteiger partial charge in [-0.2, -0.15) is 0 Å². The predicted molar refractivity (Wildman–Crippen MR) is 115 cm³/mol. The highest BCUT2D eigenvalue weighted by Crippen LogP contribution is 2.26. The SMILES string of the molecule is Cc1cc(NC(=O)CN2CCN(C(=O)c3ccccc3Oc3ccccc3)CC2)no1. The molecule has 3 aromatic rings. The van der Waals surface area contributed by atoms with Crippen molar-refractivity contribution in [2.75, 3.05) is 38.0 Å². The standard InChI is InChI=1S/C23H24N4O4/c1-17-15-21(25-31-17)24-22(28)16-26-11-13-27(14-12-26)23(29)19-9-5-6-10-20(19)30-18-7-3-2-4-8-18/h2-10,15H,11-14,16H2,1H3,(H,24,25,28). The molecule has 2 aromatic carbocycles. The molecule has 1 aliphatic heterocycles. The van der Waals surface area contributed by atoms with Gasteiger partial charge in [-0.3, -0.25) is 14.5 Å². The van der Waals surface area contributed by atoms with Crippen molar-refractivity contribution in [3.63, 3.8) is 0 Å². The molecule has 0 unspecified atom stereocenters. The third-order valence-corrected chi connectivity index (χ3v) is 5.01. The Labute approximate surface area is 180 Å². The lowest BCUT2D eigenvalue weighted by Crippen LogP contribution is -2.50. The number of ether oxygens (including phenoxy) is 1. The molecule has 0 aliphatic carbocycles. The Kier molecular flexibility index (Phi) is 6.28. The summed E-state index contributed by atoms with van der Waals surface area (Å²) in [5.74, 6) is 2.03. The van der Waals surface area contributed by atoms with E-state index in [1.165, 1.54) is 0 Å². The van der Waals surface area contributed by atoms with Gasteiger partial charge in [-0.05, 0) is 31.2 Å². The van der Waals surface area contributed by atoms with Gasteiger partial charge >= 0.3 is 0 Å². The summed E-state index contributed by atoms with van der Waals surface area (Å²) in [5, 5.41) is 6.48. The number of aromatic nitrogens is 1. The van der Waals surface area contributed by atoms with E-state index in [9.17, 15) is 9.59 Å². The zero-order chi connectivity index (χ0) is 21.6. The van der Waals surface area contributed by atoms with E-state index in [0.717, 1.165) is 0 Å². The van der Waals surface area contributed by atoms with Crippen molar-refractivity contribution in [1.29, 1.82) is 0 Å². The Bertz CT molecular complexity index is 1040. The molecule has 1 aromatic heterocycles. The van der Waals surface area contributed by atoms with E-state index in [4.69, 9.17) is 9.26 Å². The number of amides is 2. The molecule has 8 nitrogen and oxygen atoms in total. The van der Waals surface area contributed by atoms with E-state index in [0.29, 0.717) is 54.8 Å². The number of nitrogens with one attached hydrogen (secondary N) is 1. The second-order valence-corrected chi connectivity index (χ2v) is 7.35. The van der Waals surface area contributed by atoms with Crippen molar-refractivity contribution >= 4 is 17.6 Å². The third-order valence-electron chi connectivity index (χ3n) is 5.01. The Hall–Kier alpha value is -3.65.